The molecule has 130 valence electrons. The maximum absolute atomic E-state index is 6.15. The van der Waals surface area contributed by atoms with Crippen LogP contribution in [0, 0.1) is 13.8 Å². The van der Waals surface area contributed by atoms with E-state index in [0.29, 0.717) is 0 Å². The highest BCUT2D eigenvalue weighted by Crippen LogP contribution is 2.26. The van der Waals surface area contributed by atoms with Crippen molar-refractivity contribution in [3.05, 3.63) is 65.2 Å². The normalized spacial score (nSPS) is 21.7. The lowest BCUT2D eigenvalue weighted by atomic mass is 10.1. The zero-order chi connectivity index (χ0) is 17.4. The van der Waals surface area contributed by atoms with E-state index in [0.717, 1.165) is 36.8 Å². The summed E-state index contributed by atoms with van der Waals surface area (Å²) in [7, 11) is 0. The van der Waals surface area contributed by atoms with E-state index in [2.05, 4.69) is 64.7 Å². The second-order valence-corrected chi connectivity index (χ2v) is 6.98. The van der Waals surface area contributed by atoms with Gasteiger partial charge in [0, 0.05) is 37.2 Å². The quantitative estimate of drug-likeness (QED) is 0.736. The van der Waals surface area contributed by atoms with Crippen molar-refractivity contribution < 1.29 is 4.74 Å². The monoisotopic (exact) mass is 336 g/mol. The molecule has 0 unspecified atom stereocenters. The highest BCUT2D eigenvalue weighted by Gasteiger charge is 2.26. The van der Waals surface area contributed by atoms with Crippen molar-refractivity contribution >= 4 is 5.78 Å². The Kier molecular flexibility index (Phi) is 4.27. The molecule has 0 bridgehead atoms. The molecule has 5 nitrogen and oxygen atoms in total. The maximum Gasteiger partial charge on any atom is 0.234 e. The Balaban J connectivity index is 1.54. The van der Waals surface area contributed by atoms with E-state index in [9.17, 15) is 0 Å². The second-order valence-electron chi connectivity index (χ2n) is 6.98. The first-order chi connectivity index (χ1) is 12.1. The van der Waals surface area contributed by atoms with Gasteiger partial charge in [-0.25, -0.2) is 9.97 Å². The minimum atomic E-state index is 0.115. The molecule has 1 aromatic carbocycles. The first-order valence-corrected chi connectivity index (χ1v) is 8.83. The van der Waals surface area contributed by atoms with Crippen molar-refractivity contribution in [1.29, 1.82) is 0 Å². The number of benzene rings is 1. The lowest BCUT2D eigenvalue weighted by molar-refractivity contribution is -0.0816. The number of imidazole rings is 1. The molecule has 1 aliphatic heterocycles. The minimum Gasteiger partial charge on any atom is -0.368 e. The van der Waals surface area contributed by atoms with Gasteiger partial charge in [0.05, 0.1) is 17.9 Å². The van der Waals surface area contributed by atoms with Gasteiger partial charge in [-0.1, -0.05) is 30.3 Å². The Morgan fingerprint density at radius 2 is 1.92 bits per heavy atom. The fourth-order valence-corrected chi connectivity index (χ4v) is 3.64. The summed E-state index contributed by atoms with van der Waals surface area (Å²) in [6, 6.07) is 12.5. The Morgan fingerprint density at radius 1 is 1.12 bits per heavy atom. The smallest absolute Gasteiger partial charge is 0.234 e. The SMILES string of the molecule is Cc1cc(C)n2cc(CN3C[C@@H](C)O[C@@H](c4ccccc4)C3)nc2n1. The molecule has 2 aromatic heterocycles. The molecule has 4 rings (SSSR count). The second kappa shape index (κ2) is 6.58. The highest BCUT2D eigenvalue weighted by atomic mass is 16.5. The molecule has 0 spiro atoms. The Bertz CT molecular complexity index is 874. The number of aryl methyl sites for hydroxylation is 2. The van der Waals surface area contributed by atoms with Crippen LogP contribution in [0.25, 0.3) is 5.78 Å². The number of ether oxygens (including phenoxy) is 1. The van der Waals surface area contributed by atoms with Crippen molar-refractivity contribution in [2.24, 2.45) is 0 Å². The van der Waals surface area contributed by atoms with Crippen LogP contribution in [0.3, 0.4) is 0 Å². The molecular weight excluding hydrogens is 312 g/mol. The molecule has 0 amide bonds. The fourth-order valence-electron chi connectivity index (χ4n) is 3.64. The van der Waals surface area contributed by atoms with Crippen LogP contribution in [-0.2, 0) is 11.3 Å². The summed E-state index contributed by atoms with van der Waals surface area (Å²) in [5, 5.41) is 0. The van der Waals surface area contributed by atoms with Gasteiger partial charge in [0.15, 0.2) is 0 Å². The van der Waals surface area contributed by atoms with Gasteiger partial charge in [-0.2, -0.15) is 0 Å². The Labute approximate surface area is 148 Å². The summed E-state index contributed by atoms with van der Waals surface area (Å²) in [5.74, 6) is 0.786. The van der Waals surface area contributed by atoms with Crippen LogP contribution in [0.1, 0.15) is 35.7 Å². The van der Waals surface area contributed by atoms with Crippen LogP contribution in [0.5, 0.6) is 0 Å². The van der Waals surface area contributed by atoms with Gasteiger partial charge < -0.3 is 4.74 Å². The van der Waals surface area contributed by atoms with Crippen LogP contribution < -0.4 is 0 Å². The summed E-state index contributed by atoms with van der Waals surface area (Å²) in [5.41, 5.74) is 4.47. The molecule has 1 fully saturated rings. The molecule has 5 heteroatoms. The third-order valence-corrected chi connectivity index (χ3v) is 4.70. The number of fused-ring (bicyclic) bond motifs is 1. The predicted molar refractivity (Wildman–Crippen MR) is 97.5 cm³/mol. The standard InChI is InChI=1S/C20H24N4O/c1-14-9-15(2)24-12-18(22-20(24)21-14)11-23-10-16(3)25-19(13-23)17-7-5-4-6-8-17/h4-9,12,16,19H,10-11,13H2,1-3H3/t16-,19-/m1/s1. The summed E-state index contributed by atoms with van der Waals surface area (Å²) in [6.07, 6.45) is 2.43. The van der Waals surface area contributed by atoms with E-state index in [1.807, 2.05) is 13.0 Å². The molecule has 0 N–H and O–H groups in total. The molecule has 3 aromatic rings. The van der Waals surface area contributed by atoms with Gasteiger partial charge in [0.1, 0.15) is 0 Å². The zero-order valence-corrected chi connectivity index (χ0v) is 15.0. The average molecular weight is 336 g/mol. The molecule has 25 heavy (non-hydrogen) atoms. The highest BCUT2D eigenvalue weighted by molar-refractivity contribution is 5.34. The summed E-state index contributed by atoms with van der Waals surface area (Å²) < 4.78 is 8.22. The van der Waals surface area contributed by atoms with E-state index in [1.54, 1.807) is 0 Å². The molecule has 3 heterocycles. The number of aromatic nitrogens is 3. The summed E-state index contributed by atoms with van der Waals surface area (Å²) in [4.78, 5) is 11.7. The molecule has 0 saturated carbocycles. The lowest BCUT2D eigenvalue weighted by Gasteiger charge is -2.36. The topological polar surface area (TPSA) is 42.7 Å². The van der Waals surface area contributed by atoms with Gasteiger partial charge in [-0.05, 0) is 32.4 Å². The van der Waals surface area contributed by atoms with E-state index < -0.39 is 0 Å². The Hall–Kier alpha value is -2.24. The van der Waals surface area contributed by atoms with Crippen LogP contribution >= 0.6 is 0 Å². The Morgan fingerprint density at radius 3 is 2.72 bits per heavy atom. The number of morpholine rings is 1. The molecule has 1 aliphatic rings. The van der Waals surface area contributed by atoms with E-state index in [-0.39, 0.29) is 12.2 Å². The third-order valence-electron chi connectivity index (χ3n) is 4.70. The lowest BCUT2D eigenvalue weighted by Crippen LogP contribution is -2.42. The van der Waals surface area contributed by atoms with E-state index in [1.165, 1.54) is 11.3 Å². The van der Waals surface area contributed by atoms with Crippen LogP contribution in [-0.4, -0.2) is 38.5 Å². The number of hydrogen-bond donors (Lipinski definition) is 0. The van der Waals surface area contributed by atoms with Crippen molar-refractivity contribution in [3.8, 4) is 0 Å². The number of nitrogens with zero attached hydrogens (tertiary/aromatic N) is 4. The van der Waals surface area contributed by atoms with Gasteiger partial charge >= 0.3 is 0 Å². The summed E-state index contributed by atoms with van der Waals surface area (Å²) in [6.45, 7) is 8.86. The maximum atomic E-state index is 6.15. The van der Waals surface area contributed by atoms with E-state index >= 15 is 0 Å². The van der Waals surface area contributed by atoms with Crippen LogP contribution in [0.2, 0.25) is 0 Å². The molecule has 0 aliphatic carbocycles. The van der Waals surface area contributed by atoms with Gasteiger partial charge in [0.25, 0.3) is 0 Å². The minimum absolute atomic E-state index is 0.115. The molecule has 0 radical (unpaired) electrons. The van der Waals surface area contributed by atoms with Crippen molar-refractivity contribution in [1.82, 2.24) is 19.3 Å². The van der Waals surface area contributed by atoms with Crippen LogP contribution in [0.4, 0.5) is 0 Å². The predicted octanol–water partition coefficient (Wildman–Crippen LogP) is 3.31. The average Bonchev–Trinajstić information content (AvgIpc) is 2.97. The molecule has 1 saturated heterocycles. The van der Waals surface area contributed by atoms with E-state index in [4.69, 9.17) is 9.72 Å². The van der Waals surface area contributed by atoms with Gasteiger partial charge in [-0.3, -0.25) is 9.30 Å². The fraction of sp³-hybridized carbons (Fsp3) is 0.400. The molecule has 2 atom stereocenters. The number of hydrogen-bond acceptors (Lipinski definition) is 4. The largest absolute Gasteiger partial charge is 0.368 e. The summed E-state index contributed by atoms with van der Waals surface area (Å²) >= 11 is 0. The van der Waals surface area contributed by atoms with Gasteiger partial charge in [0.2, 0.25) is 5.78 Å². The van der Waals surface area contributed by atoms with Crippen LogP contribution in [0.15, 0.2) is 42.6 Å². The van der Waals surface area contributed by atoms with Gasteiger partial charge in [-0.15, -0.1) is 0 Å². The van der Waals surface area contributed by atoms with Crippen molar-refractivity contribution in [2.45, 2.75) is 39.5 Å². The molecular formula is C20H24N4O. The first kappa shape index (κ1) is 16.2. The first-order valence-electron chi connectivity index (χ1n) is 8.83. The van der Waals surface area contributed by atoms with Crippen molar-refractivity contribution in [2.75, 3.05) is 13.1 Å². The van der Waals surface area contributed by atoms with Crippen molar-refractivity contribution in [3.63, 3.8) is 0 Å². The number of rotatable bonds is 3. The zero-order valence-electron chi connectivity index (χ0n) is 15.0. The third kappa shape index (κ3) is 3.43.